The molecule has 0 unspecified atom stereocenters. The van der Waals surface area contributed by atoms with Gasteiger partial charge in [-0.05, 0) is 62.6 Å². The van der Waals surface area contributed by atoms with Gasteiger partial charge in [0, 0.05) is 50.9 Å². The Labute approximate surface area is 228 Å². The van der Waals surface area contributed by atoms with E-state index in [1.54, 1.807) is 31.2 Å². The van der Waals surface area contributed by atoms with Gasteiger partial charge >= 0.3 is 0 Å². The molecule has 0 aliphatic carbocycles. The van der Waals surface area contributed by atoms with Crippen molar-refractivity contribution < 1.29 is 22.1 Å². The highest BCUT2D eigenvalue weighted by atomic mass is 32.2. The second-order valence-electron chi connectivity index (χ2n) is 10.2. The third-order valence-corrected chi connectivity index (χ3v) is 9.58. The first-order chi connectivity index (χ1) is 18.7. The molecule has 0 radical (unpaired) electrons. The third kappa shape index (κ3) is 5.91. The van der Waals surface area contributed by atoms with Crippen LogP contribution in [0.5, 0.6) is 0 Å². The highest BCUT2D eigenvalue weighted by Crippen LogP contribution is 2.30. The molecule has 2 saturated heterocycles. The number of hydrogen-bond acceptors (Lipinski definition) is 6. The van der Waals surface area contributed by atoms with E-state index in [0.29, 0.717) is 44.7 Å². The van der Waals surface area contributed by atoms with Crippen LogP contribution in [0, 0.1) is 25.6 Å². The van der Waals surface area contributed by atoms with Crippen molar-refractivity contribution in [2.45, 2.75) is 31.6 Å². The number of piperidine rings is 1. The molecule has 2 aromatic carbocycles. The van der Waals surface area contributed by atoms with Crippen LogP contribution >= 0.6 is 0 Å². The molecular formula is C29H33FN4O4S. The second kappa shape index (κ2) is 11.3. The maximum absolute atomic E-state index is 13.6. The first kappa shape index (κ1) is 27.1. The van der Waals surface area contributed by atoms with Crippen molar-refractivity contribution in [1.29, 1.82) is 0 Å². The van der Waals surface area contributed by atoms with E-state index in [1.807, 2.05) is 36.1 Å². The van der Waals surface area contributed by atoms with Crippen LogP contribution in [-0.2, 0) is 14.8 Å². The minimum absolute atomic E-state index is 0.0764. The number of rotatable bonds is 6. The van der Waals surface area contributed by atoms with Gasteiger partial charge in [-0.2, -0.15) is 4.31 Å². The lowest BCUT2D eigenvalue weighted by molar-refractivity contribution is -0.137. The van der Waals surface area contributed by atoms with E-state index >= 15 is 0 Å². The van der Waals surface area contributed by atoms with Crippen LogP contribution in [0.4, 0.5) is 10.1 Å². The molecule has 206 valence electrons. The standard InChI is InChI=1S/C29H33FN4O4S/c1-21-3-5-23(6-4-21)7-12-27-28(22(2)31-38-27)39(36,37)34-15-13-24(14-16-34)29(35)33-19-17-32(18-20-33)26-10-8-25(30)9-11-26/h3-12,24H,13-20H2,1-2H3. The summed E-state index contributed by atoms with van der Waals surface area (Å²) in [6, 6.07) is 14.3. The maximum atomic E-state index is 13.6. The van der Waals surface area contributed by atoms with E-state index in [0.717, 1.165) is 16.8 Å². The fourth-order valence-corrected chi connectivity index (χ4v) is 6.94. The molecule has 8 nitrogen and oxygen atoms in total. The summed E-state index contributed by atoms with van der Waals surface area (Å²) in [5, 5.41) is 3.93. The Balaban J connectivity index is 1.19. The number of halogens is 1. The topological polar surface area (TPSA) is 87.0 Å². The summed E-state index contributed by atoms with van der Waals surface area (Å²) in [5.74, 6) is -0.202. The van der Waals surface area contributed by atoms with Crippen LogP contribution in [0.25, 0.3) is 12.2 Å². The number of sulfonamides is 1. The Kier molecular flexibility index (Phi) is 7.86. The van der Waals surface area contributed by atoms with Gasteiger partial charge < -0.3 is 14.3 Å². The van der Waals surface area contributed by atoms with Gasteiger partial charge in [0.2, 0.25) is 15.9 Å². The molecule has 0 bridgehead atoms. The van der Waals surface area contributed by atoms with Gasteiger partial charge in [0.1, 0.15) is 11.5 Å². The molecular weight excluding hydrogens is 519 g/mol. The molecule has 2 fully saturated rings. The molecule has 0 spiro atoms. The number of aromatic nitrogens is 1. The SMILES string of the molecule is Cc1ccc(C=Cc2onc(C)c2S(=O)(=O)N2CCC(C(=O)N3CCN(c4ccc(F)cc4)CC3)CC2)cc1. The zero-order chi connectivity index (χ0) is 27.6. The van der Waals surface area contributed by atoms with Gasteiger partial charge in [0.05, 0.1) is 0 Å². The van der Waals surface area contributed by atoms with Crippen molar-refractivity contribution in [2.75, 3.05) is 44.2 Å². The summed E-state index contributed by atoms with van der Waals surface area (Å²) >= 11 is 0. The average molecular weight is 553 g/mol. The number of amides is 1. The number of nitrogens with zero attached hydrogens (tertiary/aromatic N) is 4. The third-order valence-electron chi connectivity index (χ3n) is 7.52. The number of piperazine rings is 1. The Bertz CT molecular complexity index is 1440. The first-order valence-corrected chi connectivity index (χ1v) is 14.7. The molecule has 3 heterocycles. The summed E-state index contributed by atoms with van der Waals surface area (Å²) in [6.45, 7) is 6.69. The van der Waals surface area contributed by atoms with E-state index in [1.165, 1.54) is 16.4 Å². The lowest BCUT2D eigenvalue weighted by Crippen LogP contribution is -2.52. The molecule has 39 heavy (non-hydrogen) atoms. The molecule has 0 atom stereocenters. The maximum Gasteiger partial charge on any atom is 0.248 e. The minimum Gasteiger partial charge on any atom is -0.368 e. The molecule has 5 rings (SSSR count). The summed E-state index contributed by atoms with van der Waals surface area (Å²) in [5.41, 5.74) is 3.32. The summed E-state index contributed by atoms with van der Waals surface area (Å²) in [4.78, 5) is 17.3. The van der Waals surface area contributed by atoms with Crippen LogP contribution in [0.3, 0.4) is 0 Å². The molecule has 1 amide bonds. The van der Waals surface area contributed by atoms with Gasteiger partial charge in [0.15, 0.2) is 10.7 Å². The van der Waals surface area contributed by atoms with Crippen molar-refractivity contribution in [1.82, 2.24) is 14.4 Å². The number of hydrogen-bond donors (Lipinski definition) is 0. The van der Waals surface area contributed by atoms with E-state index < -0.39 is 10.0 Å². The lowest BCUT2D eigenvalue weighted by Gasteiger charge is -2.39. The zero-order valence-corrected chi connectivity index (χ0v) is 23.0. The fraction of sp³-hybridized carbons (Fsp3) is 0.379. The smallest absolute Gasteiger partial charge is 0.248 e. The van der Waals surface area contributed by atoms with Gasteiger partial charge in [-0.1, -0.05) is 41.1 Å². The molecule has 2 aliphatic heterocycles. The van der Waals surface area contributed by atoms with Crippen LogP contribution < -0.4 is 4.90 Å². The van der Waals surface area contributed by atoms with Crippen LogP contribution in [-0.4, -0.2) is 68.0 Å². The monoisotopic (exact) mass is 552 g/mol. The molecule has 2 aliphatic rings. The van der Waals surface area contributed by atoms with E-state index in [9.17, 15) is 17.6 Å². The summed E-state index contributed by atoms with van der Waals surface area (Å²) in [7, 11) is -3.84. The predicted octanol–water partition coefficient (Wildman–Crippen LogP) is 4.35. The van der Waals surface area contributed by atoms with Crippen molar-refractivity contribution >= 4 is 33.8 Å². The Hall–Kier alpha value is -3.50. The quantitative estimate of drug-likeness (QED) is 0.452. The average Bonchev–Trinajstić information content (AvgIpc) is 3.34. The van der Waals surface area contributed by atoms with Crippen LogP contribution in [0.15, 0.2) is 57.9 Å². The van der Waals surface area contributed by atoms with Gasteiger partial charge in [-0.3, -0.25) is 4.79 Å². The zero-order valence-electron chi connectivity index (χ0n) is 22.2. The highest BCUT2D eigenvalue weighted by molar-refractivity contribution is 7.89. The van der Waals surface area contributed by atoms with E-state index in [2.05, 4.69) is 10.1 Å². The minimum atomic E-state index is -3.84. The number of anilines is 1. The van der Waals surface area contributed by atoms with Gasteiger partial charge in [0.25, 0.3) is 0 Å². The lowest BCUT2D eigenvalue weighted by atomic mass is 9.96. The van der Waals surface area contributed by atoms with Crippen LogP contribution in [0.1, 0.15) is 35.4 Å². The van der Waals surface area contributed by atoms with Crippen LogP contribution in [0.2, 0.25) is 0 Å². The second-order valence-corrected chi connectivity index (χ2v) is 12.0. The predicted molar refractivity (Wildman–Crippen MR) is 148 cm³/mol. The Morgan fingerprint density at radius 2 is 1.56 bits per heavy atom. The highest BCUT2D eigenvalue weighted by Gasteiger charge is 2.37. The van der Waals surface area contributed by atoms with E-state index in [-0.39, 0.29) is 41.4 Å². The Morgan fingerprint density at radius 1 is 0.923 bits per heavy atom. The number of carbonyl (C=O) groups is 1. The van der Waals surface area contributed by atoms with E-state index in [4.69, 9.17) is 4.52 Å². The number of benzene rings is 2. The molecule has 0 saturated carbocycles. The Morgan fingerprint density at radius 3 is 2.21 bits per heavy atom. The first-order valence-electron chi connectivity index (χ1n) is 13.2. The summed E-state index contributed by atoms with van der Waals surface area (Å²) in [6.07, 6.45) is 4.38. The summed E-state index contributed by atoms with van der Waals surface area (Å²) < 4.78 is 47.2. The largest absolute Gasteiger partial charge is 0.368 e. The number of aryl methyl sites for hydroxylation is 2. The molecule has 3 aromatic rings. The van der Waals surface area contributed by atoms with Crippen molar-refractivity contribution in [3.05, 3.63) is 76.9 Å². The van der Waals surface area contributed by atoms with Crippen molar-refractivity contribution in [3.63, 3.8) is 0 Å². The molecule has 1 aromatic heterocycles. The van der Waals surface area contributed by atoms with Crippen molar-refractivity contribution in [2.24, 2.45) is 5.92 Å². The van der Waals surface area contributed by atoms with Gasteiger partial charge in [-0.25, -0.2) is 12.8 Å². The van der Waals surface area contributed by atoms with Crippen molar-refractivity contribution in [3.8, 4) is 0 Å². The molecule has 0 N–H and O–H groups in total. The normalized spacial score (nSPS) is 17.7. The van der Waals surface area contributed by atoms with Gasteiger partial charge in [-0.15, -0.1) is 0 Å². The molecule has 10 heteroatoms. The number of carbonyl (C=O) groups excluding carboxylic acids is 1. The fourth-order valence-electron chi connectivity index (χ4n) is 5.22.